The minimum absolute atomic E-state index is 0.131. The van der Waals surface area contributed by atoms with Gasteiger partial charge in [0, 0.05) is 19.7 Å². The standard InChI is InChI=1S/C18H20N2O5/c1-20-11-5-9-15(20)18(23)19-16(21)13-25-17(22)10-6-12-24-14-7-3-2-4-8-14/h2-5,7-9,11H,6,10,12-13H2,1H3,(H,19,21,23). The van der Waals surface area contributed by atoms with E-state index in [2.05, 4.69) is 5.32 Å². The molecule has 0 saturated heterocycles. The molecule has 0 fully saturated rings. The van der Waals surface area contributed by atoms with Gasteiger partial charge in [0.05, 0.1) is 6.61 Å². The van der Waals surface area contributed by atoms with Crippen molar-refractivity contribution < 1.29 is 23.9 Å². The topological polar surface area (TPSA) is 86.6 Å². The third-order valence-electron chi connectivity index (χ3n) is 3.33. The van der Waals surface area contributed by atoms with Gasteiger partial charge in [-0.3, -0.25) is 19.7 Å². The summed E-state index contributed by atoms with van der Waals surface area (Å²) in [6, 6.07) is 12.5. The summed E-state index contributed by atoms with van der Waals surface area (Å²) in [4.78, 5) is 35.0. The maximum absolute atomic E-state index is 11.8. The van der Waals surface area contributed by atoms with E-state index in [4.69, 9.17) is 9.47 Å². The number of nitrogens with one attached hydrogen (secondary N) is 1. The number of hydrogen-bond acceptors (Lipinski definition) is 5. The van der Waals surface area contributed by atoms with Crippen LogP contribution in [-0.2, 0) is 21.4 Å². The summed E-state index contributed by atoms with van der Waals surface area (Å²) in [5, 5.41) is 2.17. The molecule has 7 nitrogen and oxygen atoms in total. The van der Waals surface area contributed by atoms with Crippen LogP contribution in [0.5, 0.6) is 5.75 Å². The molecule has 1 aromatic heterocycles. The summed E-state index contributed by atoms with van der Waals surface area (Å²) in [5.74, 6) is -0.988. The molecule has 25 heavy (non-hydrogen) atoms. The van der Waals surface area contributed by atoms with Crippen LogP contribution in [0, 0.1) is 0 Å². The van der Waals surface area contributed by atoms with Crippen molar-refractivity contribution in [3.63, 3.8) is 0 Å². The highest BCUT2D eigenvalue weighted by Gasteiger charge is 2.14. The normalized spacial score (nSPS) is 10.1. The average molecular weight is 344 g/mol. The molecule has 0 unspecified atom stereocenters. The molecule has 0 aliphatic heterocycles. The van der Waals surface area contributed by atoms with Crippen molar-refractivity contribution in [3.05, 3.63) is 54.4 Å². The first-order valence-corrected chi connectivity index (χ1v) is 7.85. The Bertz CT molecular complexity index is 724. The van der Waals surface area contributed by atoms with Gasteiger partial charge < -0.3 is 14.0 Å². The number of aryl methyl sites for hydroxylation is 1. The van der Waals surface area contributed by atoms with Gasteiger partial charge in [0.1, 0.15) is 11.4 Å². The lowest BCUT2D eigenvalue weighted by molar-refractivity contribution is -0.148. The second-order valence-corrected chi connectivity index (χ2v) is 5.31. The SMILES string of the molecule is Cn1cccc1C(=O)NC(=O)COC(=O)CCCOc1ccccc1. The fraction of sp³-hybridized carbons (Fsp3) is 0.278. The van der Waals surface area contributed by atoms with Gasteiger partial charge in [0.25, 0.3) is 11.8 Å². The minimum Gasteiger partial charge on any atom is -0.494 e. The highest BCUT2D eigenvalue weighted by atomic mass is 16.5. The van der Waals surface area contributed by atoms with Crippen LogP contribution in [0.2, 0.25) is 0 Å². The number of rotatable bonds is 8. The van der Waals surface area contributed by atoms with Crippen molar-refractivity contribution in [2.24, 2.45) is 7.05 Å². The van der Waals surface area contributed by atoms with Gasteiger partial charge in [0.15, 0.2) is 6.61 Å². The van der Waals surface area contributed by atoms with Crippen molar-refractivity contribution in [2.45, 2.75) is 12.8 Å². The Labute approximate surface area is 145 Å². The van der Waals surface area contributed by atoms with Gasteiger partial charge in [-0.05, 0) is 30.7 Å². The maximum Gasteiger partial charge on any atom is 0.306 e. The Balaban J connectivity index is 1.60. The molecule has 0 bridgehead atoms. The van der Waals surface area contributed by atoms with E-state index in [0.717, 1.165) is 5.75 Å². The Kier molecular flexibility index (Phi) is 6.76. The van der Waals surface area contributed by atoms with E-state index in [1.165, 1.54) is 0 Å². The molecule has 2 rings (SSSR count). The van der Waals surface area contributed by atoms with Crippen LogP contribution in [-0.4, -0.2) is 35.6 Å². The molecule has 2 aromatic rings. The molecular weight excluding hydrogens is 324 g/mol. The first-order chi connectivity index (χ1) is 12.1. The Morgan fingerprint density at radius 3 is 2.52 bits per heavy atom. The van der Waals surface area contributed by atoms with E-state index in [0.29, 0.717) is 18.7 Å². The highest BCUT2D eigenvalue weighted by Crippen LogP contribution is 2.09. The lowest BCUT2D eigenvalue weighted by Crippen LogP contribution is -2.35. The van der Waals surface area contributed by atoms with Crippen molar-refractivity contribution in [1.29, 1.82) is 0 Å². The smallest absolute Gasteiger partial charge is 0.306 e. The fourth-order valence-corrected chi connectivity index (χ4v) is 2.07. The first-order valence-electron chi connectivity index (χ1n) is 7.85. The molecule has 0 aliphatic carbocycles. The molecule has 132 valence electrons. The lowest BCUT2D eigenvalue weighted by Gasteiger charge is -2.07. The van der Waals surface area contributed by atoms with E-state index >= 15 is 0 Å². The minimum atomic E-state index is -0.667. The number of aromatic nitrogens is 1. The molecule has 7 heteroatoms. The molecule has 2 amide bonds. The van der Waals surface area contributed by atoms with Crippen molar-refractivity contribution >= 4 is 17.8 Å². The number of ether oxygens (including phenoxy) is 2. The van der Waals surface area contributed by atoms with Gasteiger partial charge in [-0.2, -0.15) is 0 Å². The third-order valence-corrected chi connectivity index (χ3v) is 3.33. The number of esters is 1. The van der Waals surface area contributed by atoms with Gasteiger partial charge in [0.2, 0.25) is 0 Å². The van der Waals surface area contributed by atoms with E-state index < -0.39 is 24.4 Å². The van der Waals surface area contributed by atoms with Crippen molar-refractivity contribution in [3.8, 4) is 5.75 Å². The fourth-order valence-electron chi connectivity index (χ4n) is 2.07. The van der Waals surface area contributed by atoms with E-state index in [1.54, 1.807) is 29.9 Å². The van der Waals surface area contributed by atoms with Crippen LogP contribution in [0.3, 0.4) is 0 Å². The number of carbonyl (C=O) groups excluding carboxylic acids is 3. The van der Waals surface area contributed by atoms with Crippen LogP contribution in [0.1, 0.15) is 23.3 Å². The number of carbonyl (C=O) groups is 3. The van der Waals surface area contributed by atoms with Crippen molar-refractivity contribution in [2.75, 3.05) is 13.2 Å². The number of nitrogens with zero attached hydrogens (tertiary/aromatic N) is 1. The summed E-state index contributed by atoms with van der Waals surface area (Å²) < 4.78 is 11.9. The van der Waals surface area contributed by atoms with Gasteiger partial charge >= 0.3 is 5.97 Å². The van der Waals surface area contributed by atoms with E-state index in [1.807, 2.05) is 30.3 Å². The van der Waals surface area contributed by atoms with E-state index in [9.17, 15) is 14.4 Å². The average Bonchev–Trinajstić information content (AvgIpc) is 3.04. The second-order valence-electron chi connectivity index (χ2n) is 5.31. The van der Waals surface area contributed by atoms with Crippen LogP contribution >= 0.6 is 0 Å². The third kappa shape index (κ3) is 6.14. The summed E-state index contributed by atoms with van der Waals surface area (Å²) in [7, 11) is 1.69. The number of imide groups is 1. The monoisotopic (exact) mass is 344 g/mol. The molecule has 0 aliphatic rings. The predicted molar refractivity (Wildman–Crippen MR) is 90.0 cm³/mol. The predicted octanol–water partition coefficient (Wildman–Crippen LogP) is 1.68. The molecule has 1 aromatic carbocycles. The zero-order valence-electron chi connectivity index (χ0n) is 13.9. The summed E-state index contributed by atoms with van der Waals surface area (Å²) in [5.41, 5.74) is 0.345. The molecule has 0 spiro atoms. The molecular formula is C18H20N2O5. The quantitative estimate of drug-likeness (QED) is 0.582. The number of hydrogen-bond donors (Lipinski definition) is 1. The summed E-state index contributed by atoms with van der Waals surface area (Å²) in [6.07, 6.45) is 2.29. The largest absolute Gasteiger partial charge is 0.494 e. The van der Waals surface area contributed by atoms with Crippen LogP contribution < -0.4 is 10.1 Å². The maximum atomic E-state index is 11.8. The molecule has 0 saturated carbocycles. The molecule has 0 atom stereocenters. The van der Waals surface area contributed by atoms with Crippen molar-refractivity contribution in [1.82, 2.24) is 9.88 Å². The zero-order chi connectivity index (χ0) is 18.1. The number of amides is 2. The van der Waals surface area contributed by atoms with Crippen LogP contribution in [0.4, 0.5) is 0 Å². The molecule has 0 radical (unpaired) electrons. The second kappa shape index (κ2) is 9.27. The van der Waals surface area contributed by atoms with Crippen LogP contribution in [0.15, 0.2) is 48.7 Å². The first kappa shape index (κ1) is 18.3. The van der Waals surface area contributed by atoms with E-state index in [-0.39, 0.29) is 6.42 Å². The Hall–Kier alpha value is -3.09. The number of para-hydroxylation sites is 1. The number of benzene rings is 1. The molecule has 1 N–H and O–H groups in total. The molecule has 1 heterocycles. The van der Waals surface area contributed by atoms with Crippen LogP contribution in [0.25, 0.3) is 0 Å². The van der Waals surface area contributed by atoms with Gasteiger partial charge in [-0.15, -0.1) is 0 Å². The lowest BCUT2D eigenvalue weighted by atomic mass is 10.3. The van der Waals surface area contributed by atoms with Gasteiger partial charge in [-0.1, -0.05) is 18.2 Å². The summed E-state index contributed by atoms with van der Waals surface area (Å²) in [6.45, 7) is -0.119. The zero-order valence-corrected chi connectivity index (χ0v) is 13.9. The highest BCUT2D eigenvalue weighted by molar-refractivity contribution is 6.04. The summed E-state index contributed by atoms with van der Waals surface area (Å²) >= 11 is 0. The van der Waals surface area contributed by atoms with Gasteiger partial charge in [-0.25, -0.2) is 0 Å². The Morgan fingerprint density at radius 2 is 1.84 bits per heavy atom. The Morgan fingerprint density at radius 1 is 1.08 bits per heavy atom.